The molecule has 1 unspecified atom stereocenters. The van der Waals surface area contributed by atoms with Crippen LogP contribution in [0.15, 0.2) is 54.6 Å². The summed E-state index contributed by atoms with van der Waals surface area (Å²) >= 11 is 0. The predicted molar refractivity (Wildman–Crippen MR) is 71.2 cm³/mol. The lowest BCUT2D eigenvalue weighted by Gasteiger charge is -2.19. The first-order valence-corrected chi connectivity index (χ1v) is 6.02. The Kier molecular flexibility index (Phi) is 4.34. The van der Waals surface area contributed by atoms with Gasteiger partial charge in [0.25, 0.3) is 0 Å². The normalized spacial score (nSPS) is 12.3. The first-order valence-electron chi connectivity index (χ1n) is 6.02. The van der Waals surface area contributed by atoms with Gasteiger partial charge in [-0.2, -0.15) is 5.48 Å². The fourth-order valence-electron chi connectivity index (χ4n) is 1.81. The van der Waals surface area contributed by atoms with Gasteiger partial charge in [-0.25, -0.2) is 0 Å². The van der Waals surface area contributed by atoms with Crippen molar-refractivity contribution in [2.24, 2.45) is 0 Å². The Morgan fingerprint density at radius 3 is 2.22 bits per heavy atom. The second-order valence-corrected chi connectivity index (χ2v) is 3.99. The van der Waals surface area contributed by atoms with Crippen LogP contribution in [0.1, 0.15) is 24.1 Å². The fourth-order valence-corrected chi connectivity index (χ4v) is 1.81. The van der Waals surface area contributed by atoms with Crippen LogP contribution >= 0.6 is 0 Å². The molecule has 0 radical (unpaired) electrons. The van der Waals surface area contributed by atoms with Crippen molar-refractivity contribution in [2.75, 3.05) is 6.61 Å². The van der Waals surface area contributed by atoms with Crippen molar-refractivity contribution in [3.8, 4) is 5.75 Å². The van der Waals surface area contributed by atoms with Gasteiger partial charge in [0.15, 0.2) is 0 Å². The van der Waals surface area contributed by atoms with Crippen LogP contribution < -0.4 is 5.48 Å². The highest BCUT2D eigenvalue weighted by Crippen LogP contribution is 2.23. The van der Waals surface area contributed by atoms with Crippen molar-refractivity contribution < 1.29 is 9.94 Å². The molecule has 3 heteroatoms. The first kappa shape index (κ1) is 12.6. The van der Waals surface area contributed by atoms with Crippen molar-refractivity contribution in [1.82, 2.24) is 5.48 Å². The van der Waals surface area contributed by atoms with E-state index < -0.39 is 0 Å². The van der Waals surface area contributed by atoms with Crippen LogP contribution in [0.3, 0.4) is 0 Å². The molecule has 0 bridgehead atoms. The third-order valence-corrected chi connectivity index (χ3v) is 2.70. The summed E-state index contributed by atoms with van der Waals surface area (Å²) in [5, 5.41) is 9.33. The van der Waals surface area contributed by atoms with Crippen LogP contribution in [0.25, 0.3) is 0 Å². The lowest BCUT2D eigenvalue weighted by molar-refractivity contribution is 0.0334. The number of nitrogens with one attached hydrogen (secondary N) is 1. The zero-order valence-electron chi connectivity index (χ0n) is 10.3. The van der Waals surface area contributed by atoms with Gasteiger partial charge in [-0.3, -0.25) is 0 Å². The number of hydrogen-bond donors (Lipinski definition) is 2. The molecule has 0 saturated heterocycles. The molecule has 0 fully saturated rings. The summed E-state index contributed by atoms with van der Waals surface area (Å²) in [5.74, 6) is 0.266. The molecule has 2 aromatic carbocycles. The SMILES string of the molecule is CCONC(c1ccccc1)c1ccc(O)cc1. The average molecular weight is 243 g/mol. The van der Waals surface area contributed by atoms with Crippen molar-refractivity contribution in [3.63, 3.8) is 0 Å². The minimum Gasteiger partial charge on any atom is -0.508 e. The number of hydroxylamine groups is 1. The molecular formula is C15H17NO2. The van der Waals surface area contributed by atoms with E-state index in [1.54, 1.807) is 12.1 Å². The molecule has 0 amide bonds. The maximum Gasteiger partial charge on any atom is 0.115 e. The highest BCUT2D eigenvalue weighted by atomic mass is 16.6. The summed E-state index contributed by atoms with van der Waals surface area (Å²) in [5.41, 5.74) is 5.21. The fraction of sp³-hybridized carbons (Fsp3) is 0.200. The van der Waals surface area contributed by atoms with E-state index in [1.165, 1.54) is 0 Å². The van der Waals surface area contributed by atoms with Crippen LogP contribution in [-0.4, -0.2) is 11.7 Å². The Hall–Kier alpha value is -1.84. The molecule has 1 atom stereocenters. The summed E-state index contributed by atoms with van der Waals surface area (Å²) in [6, 6.07) is 17.2. The Morgan fingerprint density at radius 1 is 1.00 bits per heavy atom. The summed E-state index contributed by atoms with van der Waals surface area (Å²) in [6.45, 7) is 2.54. The lowest BCUT2D eigenvalue weighted by atomic mass is 9.99. The third-order valence-electron chi connectivity index (χ3n) is 2.70. The standard InChI is InChI=1S/C15H17NO2/c1-2-18-16-15(12-6-4-3-5-7-12)13-8-10-14(17)11-9-13/h3-11,15-17H,2H2,1H3. The molecule has 0 aliphatic rings. The highest BCUT2D eigenvalue weighted by molar-refractivity contribution is 5.34. The predicted octanol–water partition coefficient (Wildman–Crippen LogP) is 3.02. The van der Waals surface area contributed by atoms with Crippen molar-refractivity contribution in [2.45, 2.75) is 13.0 Å². The number of phenolic OH excluding ortho intramolecular Hbond substituents is 1. The molecule has 2 N–H and O–H groups in total. The number of hydrogen-bond acceptors (Lipinski definition) is 3. The lowest BCUT2D eigenvalue weighted by Crippen LogP contribution is -2.22. The van der Waals surface area contributed by atoms with Crippen LogP contribution in [0, 0.1) is 0 Å². The van der Waals surface area contributed by atoms with E-state index in [-0.39, 0.29) is 11.8 Å². The van der Waals surface area contributed by atoms with Crippen molar-refractivity contribution in [3.05, 3.63) is 65.7 Å². The number of benzene rings is 2. The highest BCUT2D eigenvalue weighted by Gasteiger charge is 2.13. The van der Waals surface area contributed by atoms with E-state index >= 15 is 0 Å². The zero-order valence-corrected chi connectivity index (χ0v) is 10.3. The molecule has 0 heterocycles. The Labute approximate surface area is 107 Å². The molecule has 0 saturated carbocycles. The Balaban J connectivity index is 2.27. The number of rotatable bonds is 5. The van der Waals surface area contributed by atoms with Gasteiger partial charge in [0, 0.05) is 0 Å². The largest absolute Gasteiger partial charge is 0.508 e. The van der Waals surface area contributed by atoms with E-state index in [2.05, 4.69) is 5.48 Å². The topological polar surface area (TPSA) is 41.5 Å². The molecule has 3 nitrogen and oxygen atoms in total. The number of phenols is 1. The molecular weight excluding hydrogens is 226 g/mol. The smallest absolute Gasteiger partial charge is 0.115 e. The van der Waals surface area contributed by atoms with Gasteiger partial charge in [0.1, 0.15) is 5.75 Å². The van der Waals surface area contributed by atoms with Gasteiger partial charge in [0.05, 0.1) is 12.6 Å². The first-order chi connectivity index (χ1) is 8.81. The summed E-state index contributed by atoms with van der Waals surface area (Å²) in [6.07, 6.45) is 0. The van der Waals surface area contributed by atoms with E-state index in [1.807, 2.05) is 49.4 Å². The summed E-state index contributed by atoms with van der Waals surface area (Å²) < 4.78 is 0. The quantitative estimate of drug-likeness (QED) is 0.793. The van der Waals surface area contributed by atoms with Gasteiger partial charge in [0.2, 0.25) is 0 Å². The maximum atomic E-state index is 9.33. The molecule has 0 aromatic heterocycles. The summed E-state index contributed by atoms with van der Waals surface area (Å²) in [4.78, 5) is 5.32. The average Bonchev–Trinajstić information content (AvgIpc) is 2.42. The molecule has 0 aliphatic heterocycles. The van der Waals surface area contributed by atoms with Crippen LogP contribution in [0.4, 0.5) is 0 Å². The molecule has 0 spiro atoms. The Morgan fingerprint density at radius 2 is 1.61 bits per heavy atom. The van der Waals surface area contributed by atoms with Crippen LogP contribution in [-0.2, 0) is 4.84 Å². The van der Waals surface area contributed by atoms with E-state index in [0.717, 1.165) is 11.1 Å². The maximum absolute atomic E-state index is 9.33. The van der Waals surface area contributed by atoms with E-state index in [0.29, 0.717) is 6.61 Å². The van der Waals surface area contributed by atoms with Gasteiger partial charge < -0.3 is 9.94 Å². The monoisotopic (exact) mass is 243 g/mol. The second kappa shape index (κ2) is 6.19. The molecule has 94 valence electrons. The van der Waals surface area contributed by atoms with Gasteiger partial charge in [-0.15, -0.1) is 0 Å². The molecule has 0 aliphatic carbocycles. The molecule has 2 aromatic rings. The third kappa shape index (κ3) is 3.09. The minimum absolute atomic E-state index is 0.0354. The number of aromatic hydroxyl groups is 1. The van der Waals surface area contributed by atoms with Gasteiger partial charge in [-0.1, -0.05) is 42.5 Å². The van der Waals surface area contributed by atoms with Crippen molar-refractivity contribution in [1.29, 1.82) is 0 Å². The summed E-state index contributed by atoms with van der Waals surface area (Å²) in [7, 11) is 0. The zero-order chi connectivity index (χ0) is 12.8. The van der Waals surface area contributed by atoms with E-state index in [9.17, 15) is 5.11 Å². The van der Waals surface area contributed by atoms with Gasteiger partial charge >= 0.3 is 0 Å². The van der Waals surface area contributed by atoms with E-state index in [4.69, 9.17) is 4.84 Å². The molecule has 18 heavy (non-hydrogen) atoms. The van der Waals surface area contributed by atoms with Crippen LogP contribution in [0.2, 0.25) is 0 Å². The second-order valence-electron chi connectivity index (χ2n) is 3.99. The van der Waals surface area contributed by atoms with Crippen molar-refractivity contribution >= 4 is 0 Å². The minimum atomic E-state index is -0.0354. The van der Waals surface area contributed by atoms with Crippen LogP contribution in [0.5, 0.6) is 5.75 Å². The van der Waals surface area contributed by atoms with Gasteiger partial charge in [-0.05, 0) is 30.2 Å². The molecule has 2 rings (SSSR count). The Bertz CT molecular complexity index is 468.